The molecule has 1 aromatic carbocycles. The molecule has 2 aromatic rings. The van der Waals surface area contributed by atoms with Gasteiger partial charge in [0.15, 0.2) is 0 Å². The number of rotatable bonds is 9. The minimum absolute atomic E-state index is 0.640. The smallest absolute Gasteiger partial charge is 0.0766 e. The topological polar surface area (TPSA) is 48.3 Å². The van der Waals surface area contributed by atoms with Crippen molar-refractivity contribution in [2.45, 2.75) is 6.54 Å². The lowest BCUT2D eigenvalue weighted by molar-refractivity contribution is 0.0719. The predicted molar refractivity (Wildman–Crippen MR) is 78.0 cm³/mol. The summed E-state index contributed by atoms with van der Waals surface area (Å²) in [6, 6.07) is 12.1. The van der Waals surface area contributed by atoms with E-state index in [0.717, 1.165) is 24.5 Å². The Hall–Kier alpha value is -1.69. The highest BCUT2D eigenvalue weighted by molar-refractivity contribution is 5.30. The molecule has 1 aromatic heterocycles. The van der Waals surface area contributed by atoms with E-state index in [1.807, 2.05) is 47.3 Å². The summed E-state index contributed by atoms with van der Waals surface area (Å²) in [6.45, 7) is 3.51. The van der Waals surface area contributed by atoms with Crippen molar-refractivity contribution in [2.75, 3.05) is 33.5 Å². The molecular formula is C15H21N3O2. The number of benzene rings is 1. The van der Waals surface area contributed by atoms with Crippen molar-refractivity contribution in [1.29, 1.82) is 0 Å². The monoisotopic (exact) mass is 275 g/mol. The molecular weight excluding hydrogens is 254 g/mol. The van der Waals surface area contributed by atoms with Crippen LogP contribution in [0.4, 0.5) is 0 Å². The largest absolute Gasteiger partial charge is 0.382 e. The molecule has 108 valence electrons. The van der Waals surface area contributed by atoms with Gasteiger partial charge in [-0.3, -0.25) is 0 Å². The molecule has 0 atom stereocenters. The van der Waals surface area contributed by atoms with Crippen LogP contribution in [-0.4, -0.2) is 43.3 Å². The molecule has 1 heterocycles. The summed E-state index contributed by atoms with van der Waals surface area (Å²) >= 11 is 0. The second-order valence-corrected chi connectivity index (χ2v) is 4.37. The fraction of sp³-hybridized carbons (Fsp3) is 0.400. The van der Waals surface area contributed by atoms with E-state index in [2.05, 4.69) is 10.4 Å². The van der Waals surface area contributed by atoms with Gasteiger partial charge in [0.1, 0.15) is 0 Å². The van der Waals surface area contributed by atoms with Crippen LogP contribution in [0, 0.1) is 0 Å². The maximum absolute atomic E-state index is 5.37. The first-order valence-electron chi connectivity index (χ1n) is 6.77. The molecule has 0 spiro atoms. The summed E-state index contributed by atoms with van der Waals surface area (Å²) in [4.78, 5) is 0. The van der Waals surface area contributed by atoms with Gasteiger partial charge in [-0.05, 0) is 18.2 Å². The Labute approximate surface area is 119 Å². The third-order valence-electron chi connectivity index (χ3n) is 2.83. The van der Waals surface area contributed by atoms with Gasteiger partial charge in [0.2, 0.25) is 0 Å². The van der Waals surface area contributed by atoms with Crippen molar-refractivity contribution in [2.24, 2.45) is 0 Å². The van der Waals surface area contributed by atoms with Crippen molar-refractivity contribution in [3.63, 3.8) is 0 Å². The van der Waals surface area contributed by atoms with E-state index in [1.165, 1.54) is 0 Å². The SMILES string of the molecule is COCCOCCNCc1ccn(-c2ccccc2)n1. The Balaban J connectivity index is 1.69. The molecule has 0 radical (unpaired) electrons. The summed E-state index contributed by atoms with van der Waals surface area (Å²) in [5.74, 6) is 0. The number of nitrogens with zero attached hydrogens (tertiary/aromatic N) is 2. The molecule has 0 saturated heterocycles. The average molecular weight is 275 g/mol. The quantitative estimate of drug-likeness (QED) is 0.707. The van der Waals surface area contributed by atoms with E-state index in [-0.39, 0.29) is 0 Å². The number of ether oxygens (including phenoxy) is 2. The fourth-order valence-electron chi connectivity index (χ4n) is 1.79. The number of hydrogen-bond donors (Lipinski definition) is 1. The number of nitrogens with one attached hydrogen (secondary N) is 1. The first-order valence-corrected chi connectivity index (χ1v) is 6.77. The van der Waals surface area contributed by atoms with Gasteiger partial charge in [-0.1, -0.05) is 18.2 Å². The first-order chi connectivity index (χ1) is 9.90. The molecule has 0 unspecified atom stereocenters. The van der Waals surface area contributed by atoms with E-state index in [1.54, 1.807) is 7.11 Å². The van der Waals surface area contributed by atoms with Gasteiger partial charge in [-0.15, -0.1) is 0 Å². The minimum atomic E-state index is 0.640. The number of methoxy groups -OCH3 is 1. The lowest BCUT2D eigenvalue weighted by atomic mass is 10.3. The maximum atomic E-state index is 5.37. The average Bonchev–Trinajstić information content (AvgIpc) is 2.96. The molecule has 2 rings (SSSR count). The molecule has 0 saturated carbocycles. The van der Waals surface area contributed by atoms with Gasteiger partial charge in [0.05, 0.1) is 31.2 Å². The van der Waals surface area contributed by atoms with Crippen LogP contribution in [0.25, 0.3) is 5.69 Å². The van der Waals surface area contributed by atoms with E-state index in [9.17, 15) is 0 Å². The Morgan fingerprint density at radius 1 is 1.10 bits per heavy atom. The van der Waals surface area contributed by atoms with E-state index in [4.69, 9.17) is 9.47 Å². The highest BCUT2D eigenvalue weighted by Crippen LogP contribution is 2.06. The Morgan fingerprint density at radius 2 is 1.95 bits per heavy atom. The molecule has 5 nitrogen and oxygen atoms in total. The number of aromatic nitrogens is 2. The highest BCUT2D eigenvalue weighted by Gasteiger charge is 2.00. The molecule has 0 aliphatic heterocycles. The van der Waals surface area contributed by atoms with Gasteiger partial charge in [-0.2, -0.15) is 5.10 Å². The van der Waals surface area contributed by atoms with Crippen molar-refractivity contribution >= 4 is 0 Å². The Kier molecular flexibility index (Phi) is 6.23. The fourth-order valence-corrected chi connectivity index (χ4v) is 1.79. The number of para-hydroxylation sites is 1. The van der Waals surface area contributed by atoms with Gasteiger partial charge in [0, 0.05) is 26.4 Å². The summed E-state index contributed by atoms with van der Waals surface area (Å²) in [7, 11) is 1.67. The standard InChI is InChI=1S/C15H21N3O2/c1-19-11-12-20-10-8-16-13-14-7-9-18(17-14)15-5-3-2-4-6-15/h2-7,9,16H,8,10-13H2,1H3. The van der Waals surface area contributed by atoms with Crippen LogP contribution in [0.1, 0.15) is 5.69 Å². The maximum Gasteiger partial charge on any atom is 0.0766 e. The highest BCUT2D eigenvalue weighted by atomic mass is 16.5. The summed E-state index contributed by atoms with van der Waals surface area (Å²) < 4.78 is 12.2. The molecule has 0 fully saturated rings. The zero-order chi connectivity index (χ0) is 14.0. The summed E-state index contributed by atoms with van der Waals surface area (Å²) in [6.07, 6.45) is 1.97. The summed E-state index contributed by atoms with van der Waals surface area (Å²) in [5.41, 5.74) is 2.09. The van der Waals surface area contributed by atoms with Crippen molar-refractivity contribution in [3.8, 4) is 5.69 Å². The predicted octanol–water partition coefficient (Wildman–Crippen LogP) is 1.62. The third kappa shape index (κ3) is 4.77. The zero-order valence-electron chi connectivity index (χ0n) is 11.8. The van der Waals surface area contributed by atoms with Gasteiger partial charge in [-0.25, -0.2) is 4.68 Å². The lowest BCUT2D eigenvalue weighted by Crippen LogP contribution is -2.20. The molecule has 20 heavy (non-hydrogen) atoms. The lowest BCUT2D eigenvalue weighted by Gasteiger charge is -2.04. The van der Waals surface area contributed by atoms with Crippen LogP contribution in [0.15, 0.2) is 42.6 Å². The second-order valence-electron chi connectivity index (χ2n) is 4.37. The van der Waals surface area contributed by atoms with Crippen LogP contribution in [0.2, 0.25) is 0 Å². The number of hydrogen-bond acceptors (Lipinski definition) is 4. The van der Waals surface area contributed by atoms with E-state index >= 15 is 0 Å². The van der Waals surface area contributed by atoms with Crippen molar-refractivity contribution in [3.05, 3.63) is 48.3 Å². The van der Waals surface area contributed by atoms with Gasteiger partial charge < -0.3 is 14.8 Å². The summed E-state index contributed by atoms with van der Waals surface area (Å²) in [5, 5.41) is 7.82. The second kappa shape index (κ2) is 8.47. The third-order valence-corrected chi connectivity index (χ3v) is 2.83. The van der Waals surface area contributed by atoms with Crippen LogP contribution in [0.3, 0.4) is 0 Å². The molecule has 0 amide bonds. The van der Waals surface area contributed by atoms with E-state index < -0.39 is 0 Å². The van der Waals surface area contributed by atoms with Crippen LogP contribution < -0.4 is 5.32 Å². The minimum Gasteiger partial charge on any atom is -0.382 e. The molecule has 0 aliphatic rings. The van der Waals surface area contributed by atoms with Gasteiger partial charge in [0.25, 0.3) is 0 Å². The molecule has 0 bridgehead atoms. The van der Waals surface area contributed by atoms with Crippen molar-refractivity contribution < 1.29 is 9.47 Å². The van der Waals surface area contributed by atoms with Crippen molar-refractivity contribution in [1.82, 2.24) is 15.1 Å². The molecule has 1 N–H and O–H groups in total. The first kappa shape index (κ1) is 14.7. The van der Waals surface area contributed by atoms with Crippen LogP contribution >= 0.6 is 0 Å². The molecule has 5 heteroatoms. The normalized spacial score (nSPS) is 10.8. The van der Waals surface area contributed by atoms with Gasteiger partial charge >= 0.3 is 0 Å². The van der Waals surface area contributed by atoms with Crippen LogP contribution in [0.5, 0.6) is 0 Å². The van der Waals surface area contributed by atoms with Crippen LogP contribution in [-0.2, 0) is 16.0 Å². The Bertz CT molecular complexity index is 485. The zero-order valence-corrected chi connectivity index (χ0v) is 11.8. The van der Waals surface area contributed by atoms with E-state index in [0.29, 0.717) is 19.8 Å². The molecule has 0 aliphatic carbocycles. The Morgan fingerprint density at radius 3 is 2.75 bits per heavy atom.